The summed E-state index contributed by atoms with van der Waals surface area (Å²) in [5.41, 5.74) is 2.11. The molecule has 1 amide bonds. The minimum atomic E-state index is 0.146. The molecule has 0 radical (unpaired) electrons. The molecule has 0 spiro atoms. The Morgan fingerprint density at radius 2 is 2.24 bits per heavy atom. The van der Waals surface area contributed by atoms with Gasteiger partial charge in [-0.15, -0.1) is 0 Å². The summed E-state index contributed by atoms with van der Waals surface area (Å²) >= 11 is 0. The maximum absolute atomic E-state index is 11.7. The number of anilines is 1. The summed E-state index contributed by atoms with van der Waals surface area (Å²) < 4.78 is 0. The molecule has 2 rings (SSSR count). The highest BCUT2D eigenvalue weighted by molar-refractivity contribution is 5.91. The van der Waals surface area contributed by atoms with Crippen molar-refractivity contribution in [2.75, 3.05) is 11.9 Å². The number of nitrogens with one attached hydrogen (secondary N) is 2. The summed E-state index contributed by atoms with van der Waals surface area (Å²) in [5.74, 6) is 0.785. The fourth-order valence-corrected chi connectivity index (χ4v) is 1.82. The second kappa shape index (κ2) is 5.82. The molecule has 92 valence electrons. The monoisotopic (exact) mass is 232 g/mol. The molecule has 1 aromatic carbocycles. The van der Waals surface area contributed by atoms with Crippen molar-refractivity contribution in [1.29, 1.82) is 0 Å². The molecule has 1 aromatic rings. The van der Waals surface area contributed by atoms with Crippen molar-refractivity contribution in [2.45, 2.75) is 32.7 Å². The molecular weight excluding hydrogens is 212 g/mol. The van der Waals surface area contributed by atoms with Crippen LogP contribution in [-0.4, -0.2) is 12.5 Å². The molecule has 2 N–H and O–H groups in total. The van der Waals surface area contributed by atoms with Crippen LogP contribution >= 0.6 is 0 Å². The van der Waals surface area contributed by atoms with Crippen LogP contribution in [0.15, 0.2) is 24.3 Å². The van der Waals surface area contributed by atoms with E-state index >= 15 is 0 Å². The standard InChI is InChI=1S/C14H20N2O/c1-2-15-10-12-4-3-5-13(8-12)16-14(17)9-11-6-7-11/h3-5,8,11,15H,2,6-7,9-10H2,1H3,(H,16,17). The van der Waals surface area contributed by atoms with E-state index in [0.29, 0.717) is 12.3 Å². The lowest BCUT2D eigenvalue weighted by molar-refractivity contribution is -0.116. The molecule has 0 aliphatic heterocycles. The molecule has 1 aliphatic rings. The van der Waals surface area contributed by atoms with Gasteiger partial charge in [0.15, 0.2) is 0 Å². The van der Waals surface area contributed by atoms with Gasteiger partial charge in [0, 0.05) is 18.7 Å². The van der Waals surface area contributed by atoms with Crippen LogP contribution in [0.4, 0.5) is 5.69 Å². The van der Waals surface area contributed by atoms with Crippen molar-refractivity contribution in [3.05, 3.63) is 29.8 Å². The predicted octanol–water partition coefficient (Wildman–Crippen LogP) is 2.53. The van der Waals surface area contributed by atoms with Gasteiger partial charge in [0.2, 0.25) is 5.91 Å². The normalized spacial score (nSPS) is 14.6. The lowest BCUT2D eigenvalue weighted by Gasteiger charge is -2.07. The first-order chi connectivity index (χ1) is 8.28. The van der Waals surface area contributed by atoms with Crippen LogP contribution < -0.4 is 10.6 Å². The molecular formula is C14H20N2O. The summed E-state index contributed by atoms with van der Waals surface area (Å²) in [6, 6.07) is 8.03. The first kappa shape index (κ1) is 12.1. The van der Waals surface area contributed by atoms with Crippen molar-refractivity contribution >= 4 is 11.6 Å². The Balaban J connectivity index is 1.87. The maximum Gasteiger partial charge on any atom is 0.224 e. The van der Waals surface area contributed by atoms with Crippen LogP contribution in [0.2, 0.25) is 0 Å². The molecule has 0 saturated heterocycles. The Labute approximate surface area is 103 Å². The van der Waals surface area contributed by atoms with Crippen LogP contribution in [0.1, 0.15) is 31.7 Å². The van der Waals surface area contributed by atoms with Crippen molar-refractivity contribution in [2.24, 2.45) is 5.92 Å². The Morgan fingerprint density at radius 3 is 2.94 bits per heavy atom. The summed E-state index contributed by atoms with van der Waals surface area (Å²) in [4.78, 5) is 11.7. The Kier molecular flexibility index (Phi) is 4.15. The third kappa shape index (κ3) is 4.19. The Morgan fingerprint density at radius 1 is 1.41 bits per heavy atom. The van der Waals surface area contributed by atoms with Gasteiger partial charge in [-0.25, -0.2) is 0 Å². The number of amides is 1. The minimum Gasteiger partial charge on any atom is -0.326 e. The number of hydrogen-bond acceptors (Lipinski definition) is 2. The smallest absolute Gasteiger partial charge is 0.224 e. The zero-order chi connectivity index (χ0) is 12.1. The molecule has 3 nitrogen and oxygen atoms in total. The van der Waals surface area contributed by atoms with Gasteiger partial charge < -0.3 is 10.6 Å². The lowest BCUT2D eigenvalue weighted by atomic mass is 10.2. The van der Waals surface area contributed by atoms with Crippen LogP contribution in [0.25, 0.3) is 0 Å². The van der Waals surface area contributed by atoms with Gasteiger partial charge in [-0.2, -0.15) is 0 Å². The van der Waals surface area contributed by atoms with Crippen molar-refractivity contribution in [1.82, 2.24) is 5.32 Å². The van der Waals surface area contributed by atoms with E-state index in [4.69, 9.17) is 0 Å². The van der Waals surface area contributed by atoms with E-state index in [-0.39, 0.29) is 5.91 Å². The van der Waals surface area contributed by atoms with Crippen molar-refractivity contribution < 1.29 is 4.79 Å². The number of benzene rings is 1. The highest BCUT2D eigenvalue weighted by Crippen LogP contribution is 2.32. The van der Waals surface area contributed by atoms with Crippen molar-refractivity contribution in [3.63, 3.8) is 0 Å². The van der Waals surface area contributed by atoms with E-state index in [1.165, 1.54) is 18.4 Å². The van der Waals surface area contributed by atoms with Gasteiger partial charge in [0.05, 0.1) is 0 Å². The summed E-state index contributed by atoms with van der Waals surface area (Å²) in [7, 11) is 0. The quantitative estimate of drug-likeness (QED) is 0.791. The van der Waals surface area contributed by atoms with Gasteiger partial charge in [-0.05, 0) is 43.0 Å². The Bertz CT molecular complexity index is 386. The second-order valence-electron chi connectivity index (χ2n) is 4.68. The topological polar surface area (TPSA) is 41.1 Å². The average Bonchev–Trinajstić information content (AvgIpc) is 3.10. The van der Waals surface area contributed by atoms with Gasteiger partial charge >= 0.3 is 0 Å². The van der Waals surface area contributed by atoms with Gasteiger partial charge in [-0.1, -0.05) is 19.1 Å². The molecule has 0 unspecified atom stereocenters. The van der Waals surface area contributed by atoms with Crippen LogP contribution in [0.3, 0.4) is 0 Å². The summed E-state index contributed by atoms with van der Waals surface area (Å²) in [6.07, 6.45) is 3.11. The molecule has 1 aliphatic carbocycles. The molecule has 0 aromatic heterocycles. The third-order valence-electron chi connectivity index (χ3n) is 2.96. The zero-order valence-corrected chi connectivity index (χ0v) is 10.3. The molecule has 1 fully saturated rings. The van der Waals surface area contributed by atoms with Gasteiger partial charge in [0.1, 0.15) is 0 Å². The molecule has 1 saturated carbocycles. The predicted molar refractivity (Wildman–Crippen MR) is 69.8 cm³/mol. The first-order valence-electron chi connectivity index (χ1n) is 6.37. The van der Waals surface area contributed by atoms with Gasteiger partial charge in [-0.3, -0.25) is 4.79 Å². The number of carbonyl (C=O) groups is 1. The van der Waals surface area contributed by atoms with E-state index in [2.05, 4.69) is 23.6 Å². The van der Waals surface area contributed by atoms with E-state index < -0.39 is 0 Å². The second-order valence-corrected chi connectivity index (χ2v) is 4.68. The summed E-state index contributed by atoms with van der Waals surface area (Å²) in [5, 5.41) is 6.24. The van der Waals surface area contributed by atoms with Crippen LogP contribution in [-0.2, 0) is 11.3 Å². The van der Waals surface area contributed by atoms with E-state index in [9.17, 15) is 4.79 Å². The molecule has 3 heteroatoms. The van der Waals surface area contributed by atoms with E-state index in [0.717, 1.165) is 18.8 Å². The lowest BCUT2D eigenvalue weighted by Crippen LogP contribution is -2.14. The number of rotatable bonds is 6. The highest BCUT2D eigenvalue weighted by atomic mass is 16.1. The maximum atomic E-state index is 11.7. The molecule has 0 heterocycles. The van der Waals surface area contributed by atoms with E-state index in [1.54, 1.807) is 0 Å². The van der Waals surface area contributed by atoms with Crippen LogP contribution in [0, 0.1) is 5.92 Å². The molecule has 17 heavy (non-hydrogen) atoms. The fraction of sp³-hybridized carbons (Fsp3) is 0.500. The van der Waals surface area contributed by atoms with Crippen LogP contribution in [0.5, 0.6) is 0 Å². The third-order valence-corrected chi connectivity index (χ3v) is 2.96. The number of carbonyl (C=O) groups excluding carboxylic acids is 1. The van der Waals surface area contributed by atoms with Crippen molar-refractivity contribution in [3.8, 4) is 0 Å². The average molecular weight is 232 g/mol. The highest BCUT2D eigenvalue weighted by Gasteiger charge is 2.24. The molecule has 0 atom stereocenters. The van der Waals surface area contributed by atoms with Gasteiger partial charge in [0.25, 0.3) is 0 Å². The number of hydrogen-bond donors (Lipinski definition) is 2. The summed E-state index contributed by atoms with van der Waals surface area (Å²) in [6.45, 7) is 3.89. The minimum absolute atomic E-state index is 0.146. The zero-order valence-electron chi connectivity index (χ0n) is 10.3. The SMILES string of the molecule is CCNCc1cccc(NC(=O)CC2CC2)c1. The fourth-order valence-electron chi connectivity index (χ4n) is 1.82. The van der Waals surface area contributed by atoms with E-state index in [1.807, 2.05) is 18.2 Å². The molecule has 0 bridgehead atoms. The first-order valence-corrected chi connectivity index (χ1v) is 6.37. The Hall–Kier alpha value is -1.35. The largest absolute Gasteiger partial charge is 0.326 e.